The second-order valence-corrected chi connectivity index (χ2v) is 5.47. The Morgan fingerprint density at radius 3 is 2.27 bits per heavy atom. The SMILES string of the molecule is CCCCC(CC)C(=O)O[n+]1ccc(-c2ccccc2)cc1. The van der Waals surface area contributed by atoms with Crippen LogP contribution in [0.25, 0.3) is 11.1 Å². The third-order valence-electron chi connectivity index (χ3n) is 3.84. The van der Waals surface area contributed by atoms with Crippen LogP contribution in [0.4, 0.5) is 0 Å². The van der Waals surface area contributed by atoms with Crippen LogP contribution in [-0.4, -0.2) is 5.97 Å². The number of aromatic nitrogens is 1. The topological polar surface area (TPSA) is 30.2 Å². The van der Waals surface area contributed by atoms with Crippen LogP contribution in [-0.2, 0) is 4.79 Å². The van der Waals surface area contributed by atoms with Crippen molar-refractivity contribution in [3.63, 3.8) is 0 Å². The lowest BCUT2D eigenvalue weighted by Crippen LogP contribution is -2.47. The molecule has 1 atom stereocenters. The summed E-state index contributed by atoms with van der Waals surface area (Å²) in [6.45, 7) is 4.17. The summed E-state index contributed by atoms with van der Waals surface area (Å²) in [7, 11) is 0. The second-order valence-electron chi connectivity index (χ2n) is 5.47. The smallest absolute Gasteiger partial charge is 0.244 e. The fourth-order valence-electron chi connectivity index (χ4n) is 2.41. The molecule has 0 bridgehead atoms. The summed E-state index contributed by atoms with van der Waals surface area (Å²) in [5, 5.41) is 0. The Bertz CT molecular complexity index is 578. The lowest BCUT2D eigenvalue weighted by molar-refractivity contribution is -0.870. The second kappa shape index (κ2) is 8.32. The largest absolute Gasteiger partial charge is 0.383 e. The molecule has 0 fully saturated rings. The highest BCUT2D eigenvalue weighted by atomic mass is 16.7. The molecule has 3 heteroatoms. The van der Waals surface area contributed by atoms with Crippen molar-refractivity contribution in [2.45, 2.75) is 39.5 Å². The number of rotatable bonds is 7. The Balaban J connectivity index is 2.00. The molecule has 116 valence electrons. The highest BCUT2D eigenvalue weighted by Crippen LogP contribution is 2.16. The first kappa shape index (κ1) is 16.2. The maximum absolute atomic E-state index is 12.2. The van der Waals surface area contributed by atoms with E-state index < -0.39 is 0 Å². The molecule has 0 aliphatic heterocycles. The minimum Gasteiger partial charge on any atom is -0.244 e. The minimum absolute atomic E-state index is 0.0127. The van der Waals surface area contributed by atoms with Gasteiger partial charge in [0, 0.05) is 16.9 Å². The van der Waals surface area contributed by atoms with E-state index in [4.69, 9.17) is 4.84 Å². The molecule has 0 spiro atoms. The third-order valence-corrected chi connectivity index (χ3v) is 3.84. The Kier molecular flexibility index (Phi) is 6.13. The molecule has 0 N–H and O–H groups in total. The fourth-order valence-corrected chi connectivity index (χ4v) is 2.41. The molecule has 0 aliphatic carbocycles. The zero-order valence-electron chi connectivity index (χ0n) is 13.4. The molecule has 0 amide bonds. The Labute approximate surface area is 132 Å². The molecule has 0 saturated carbocycles. The fraction of sp³-hybridized carbons (Fsp3) is 0.368. The van der Waals surface area contributed by atoms with E-state index in [-0.39, 0.29) is 11.9 Å². The first-order valence-corrected chi connectivity index (χ1v) is 8.03. The van der Waals surface area contributed by atoms with Gasteiger partial charge in [-0.15, -0.1) is 0 Å². The zero-order valence-corrected chi connectivity index (χ0v) is 13.4. The van der Waals surface area contributed by atoms with E-state index in [0.29, 0.717) is 0 Å². The Morgan fingerprint density at radius 2 is 1.68 bits per heavy atom. The van der Waals surface area contributed by atoms with Gasteiger partial charge in [-0.25, -0.2) is 4.79 Å². The van der Waals surface area contributed by atoms with E-state index in [2.05, 4.69) is 19.1 Å². The van der Waals surface area contributed by atoms with Crippen molar-refractivity contribution in [3.8, 4) is 11.1 Å². The quantitative estimate of drug-likeness (QED) is 0.728. The van der Waals surface area contributed by atoms with E-state index in [1.165, 1.54) is 4.73 Å². The van der Waals surface area contributed by atoms with Gasteiger partial charge in [-0.05, 0) is 24.0 Å². The van der Waals surface area contributed by atoms with Crippen LogP contribution in [0.5, 0.6) is 0 Å². The van der Waals surface area contributed by atoms with Crippen molar-refractivity contribution in [1.29, 1.82) is 0 Å². The van der Waals surface area contributed by atoms with Crippen molar-refractivity contribution in [3.05, 3.63) is 54.9 Å². The zero-order chi connectivity index (χ0) is 15.8. The number of nitrogens with zero attached hydrogens (tertiary/aromatic N) is 1. The van der Waals surface area contributed by atoms with Crippen molar-refractivity contribution in [2.75, 3.05) is 0 Å². The van der Waals surface area contributed by atoms with Crippen molar-refractivity contribution in [2.24, 2.45) is 5.92 Å². The van der Waals surface area contributed by atoms with Gasteiger partial charge >= 0.3 is 5.97 Å². The highest BCUT2D eigenvalue weighted by molar-refractivity contribution is 5.71. The van der Waals surface area contributed by atoms with E-state index in [9.17, 15) is 4.79 Å². The molecule has 0 saturated heterocycles. The van der Waals surface area contributed by atoms with Crippen LogP contribution in [0.2, 0.25) is 0 Å². The molecule has 0 radical (unpaired) electrons. The molecule has 2 aromatic rings. The Hall–Kier alpha value is -2.16. The van der Waals surface area contributed by atoms with Crippen LogP contribution < -0.4 is 9.57 Å². The van der Waals surface area contributed by atoms with Gasteiger partial charge in [-0.2, -0.15) is 4.84 Å². The molecular weight excluding hydrogens is 274 g/mol. The number of hydrogen-bond donors (Lipinski definition) is 0. The van der Waals surface area contributed by atoms with Gasteiger partial charge in [0.2, 0.25) is 12.4 Å². The van der Waals surface area contributed by atoms with Gasteiger partial charge in [-0.1, -0.05) is 57.0 Å². The third kappa shape index (κ3) is 4.42. The normalized spacial score (nSPS) is 11.9. The number of pyridine rings is 1. The molecular formula is C19H24NO2+. The maximum Gasteiger partial charge on any atom is 0.383 e. The summed E-state index contributed by atoms with van der Waals surface area (Å²) in [4.78, 5) is 17.6. The average Bonchev–Trinajstić information content (AvgIpc) is 2.57. The van der Waals surface area contributed by atoms with E-state index in [1.807, 2.05) is 37.3 Å². The lowest BCUT2D eigenvalue weighted by atomic mass is 10.00. The van der Waals surface area contributed by atoms with Crippen LogP contribution in [0, 0.1) is 5.92 Å². The van der Waals surface area contributed by atoms with Gasteiger partial charge in [-0.3, -0.25) is 0 Å². The van der Waals surface area contributed by atoms with E-state index >= 15 is 0 Å². The molecule has 1 heterocycles. The standard InChI is InChI=1S/C19H24NO2/c1-3-5-9-16(4-2)19(21)22-20-14-12-18(13-15-20)17-10-7-6-8-11-17/h6-8,10-16H,3-5,9H2,1-2H3/q+1. The molecule has 22 heavy (non-hydrogen) atoms. The maximum atomic E-state index is 12.2. The van der Waals surface area contributed by atoms with E-state index in [1.54, 1.807) is 12.4 Å². The van der Waals surface area contributed by atoms with Crippen molar-refractivity contribution < 1.29 is 14.4 Å². The van der Waals surface area contributed by atoms with Gasteiger partial charge in [0.1, 0.15) is 0 Å². The number of carbonyl (C=O) groups excluding carboxylic acids is 1. The number of carbonyl (C=O) groups is 1. The Morgan fingerprint density at radius 1 is 1.05 bits per heavy atom. The number of hydrogen-bond acceptors (Lipinski definition) is 2. The highest BCUT2D eigenvalue weighted by Gasteiger charge is 2.22. The first-order chi connectivity index (χ1) is 10.7. The number of benzene rings is 1. The summed E-state index contributed by atoms with van der Waals surface area (Å²) in [6, 6.07) is 14.0. The monoisotopic (exact) mass is 298 g/mol. The molecule has 3 nitrogen and oxygen atoms in total. The summed E-state index contributed by atoms with van der Waals surface area (Å²) >= 11 is 0. The van der Waals surface area contributed by atoms with E-state index in [0.717, 1.165) is 36.8 Å². The van der Waals surface area contributed by atoms with Crippen molar-refractivity contribution in [1.82, 2.24) is 0 Å². The van der Waals surface area contributed by atoms with Gasteiger partial charge < -0.3 is 0 Å². The molecule has 1 unspecified atom stereocenters. The summed E-state index contributed by atoms with van der Waals surface area (Å²) in [6.07, 6.45) is 7.45. The first-order valence-electron chi connectivity index (χ1n) is 8.03. The predicted molar refractivity (Wildman–Crippen MR) is 87.0 cm³/mol. The van der Waals surface area contributed by atoms with Gasteiger partial charge in [0.05, 0.1) is 5.92 Å². The van der Waals surface area contributed by atoms with Crippen LogP contribution in [0.1, 0.15) is 39.5 Å². The lowest BCUT2D eigenvalue weighted by Gasteiger charge is -2.09. The van der Waals surface area contributed by atoms with Gasteiger partial charge in [0.25, 0.3) is 0 Å². The van der Waals surface area contributed by atoms with Crippen LogP contribution >= 0.6 is 0 Å². The molecule has 1 aromatic heterocycles. The van der Waals surface area contributed by atoms with Crippen LogP contribution in [0.3, 0.4) is 0 Å². The van der Waals surface area contributed by atoms with Gasteiger partial charge in [0.15, 0.2) is 0 Å². The molecule has 0 aliphatic rings. The average molecular weight is 298 g/mol. The molecule has 1 aromatic carbocycles. The summed E-state index contributed by atoms with van der Waals surface area (Å²) in [5.74, 6) is -0.158. The summed E-state index contributed by atoms with van der Waals surface area (Å²) < 4.78 is 1.49. The van der Waals surface area contributed by atoms with Crippen molar-refractivity contribution >= 4 is 5.97 Å². The van der Waals surface area contributed by atoms with Crippen LogP contribution in [0.15, 0.2) is 54.9 Å². The predicted octanol–water partition coefficient (Wildman–Crippen LogP) is 3.81. The molecule has 2 rings (SSSR count). The minimum atomic E-state index is -0.145. The number of unbranched alkanes of at least 4 members (excludes halogenated alkanes) is 1. The summed E-state index contributed by atoms with van der Waals surface area (Å²) in [5.41, 5.74) is 2.25.